The Kier molecular flexibility index (Phi) is 1.35. The number of halogens is 1. The predicted molar refractivity (Wildman–Crippen MR) is 51.4 cm³/mol. The molecular formula is C11H9FN2. The maximum atomic E-state index is 13.0. The Morgan fingerprint density at radius 3 is 3.14 bits per heavy atom. The highest BCUT2D eigenvalue weighted by atomic mass is 19.1. The van der Waals surface area contributed by atoms with Gasteiger partial charge in [-0.1, -0.05) is 0 Å². The average molecular weight is 188 g/mol. The predicted octanol–water partition coefficient (Wildman–Crippen LogP) is 2.61. The van der Waals surface area contributed by atoms with Crippen LogP contribution in [0.5, 0.6) is 0 Å². The lowest BCUT2D eigenvalue weighted by atomic mass is 10.0. The molecule has 0 spiro atoms. The molecule has 0 bridgehead atoms. The summed E-state index contributed by atoms with van der Waals surface area (Å²) in [5.74, 6) is -0.172. The summed E-state index contributed by atoms with van der Waals surface area (Å²) >= 11 is 0. The van der Waals surface area contributed by atoms with Gasteiger partial charge in [-0.25, -0.2) is 9.37 Å². The summed E-state index contributed by atoms with van der Waals surface area (Å²) in [4.78, 5) is 4.08. The fraction of sp³-hybridized carbons (Fsp3) is 0.182. The summed E-state index contributed by atoms with van der Waals surface area (Å²) in [5, 5.41) is 0. The summed E-state index contributed by atoms with van der Waals surface area (Å²) in [6.07, 6.45) is 3.61. The Balaban J connectivity index is 2.33. The van der Waals surface area contributed by atoms with E-state index < -0.39 is 0 Å². The van der Waals surface area contributed by atoms with E-state index in [1.165, 1.54) is 6.07 Å². The molecule has 1 aliphatic heterocycles. The largest absolute Gasteiger partial charge is 0.323 e. The van der Waals surface area contributed by atoms with E-state index in [1.807, 2.05) is 12.3 Å². The molecule has 70 valence electrons. The highest BCUT2D eigenvalue weighted by Crippen LogP contribution is 2.38. The van der Waals surface area contributed by atoms with Crippen LogP contribution in [-0.4, -0.2) is 9.55 Å². The summed E-state index contributed by atoms with van der Waals surface area (Å²) < 4.78 is 15.1. The topological polar surface area (TPSA) is 17.8 Å². The highest BCUT2D eigenvalue weighted by molar-refractivity contribution is 5.68. The van der Waals surface area contributed by atoms with Gasteiger partial charge in [0, 0.05) is 5.56 Å². The summed E-state index contributed by atoms with van der Waals surface area (Å²) in [6.45, 7) is 2.05. The van der Waals surface area contributed by atoms with Crippen LogP contribution in [0, 0.1) is 5.82 Å². The van der Waals surface area contributed by atoms with E-state index in [9.17, 15) is 4.39 Å². The molecular weight excluding hydrogens is 179 g/mol. The minimum atomic E-state index is -0.172. The first-order chi connectivity index (χ1) is 6.77. The Morgan fingerprint density at radius 2 is 2.29 bits per heavy atom. The number of rotatable bonds is 0. The van der Waals surface area contributed by atoms with Crippen LogP contribution in [0.1, 0.15) is 18.5 Å². The van der Waals surface area contributed by atoms with E-state index in [-0.39, 0.29) is 11.9 Å². The molecule has 1 unspecified atom stereocenters. The van der Waals surface area contributed by atoms with Crippen LogP contribution in [0.25, 0.3) is 11.3 Å². The second-order valence-corrected chi connectivity index (χ2v) is 3.59. The van der Waals surface area contributed by atoms with Gasteiger partial charge in [0.1, 0.15) is 5.82 Å². The van der Waals surface area contributed by atoms with Crippen molar-refractivity contribution in [3.8, 4) is 11.3 Å². The molecule has 2 aromatic rings. The van der Waals surface area contributed by atoms with Gasteiger partial charge >= 0.3 is 0 Å². The molecule has 0 amide bonds. The zero-order valence-electron chi connectivity index (χ0n) is 7.74. The van der Waals surface area contributed by atoms with E-state index in [0.717, 1.165) is 16.8 Å². The molecule has 2 nitrogen and oxygen atoms in total. The van der Waals surface area contributed by atoms with Gasteiger partial charge in [-0.3, -0.25) is 0 Å². The van der Waals surface area contributed by atoms with E-state index in [4.69, 9.17) is 0 Å². The number of hydrogen-bond acceptors (Lipinski definition) is 1. The van der Waals surface area contributed by atoms with Crippen molar-refractivity contribution in [3.63, 3.8) is 0 Å². The number of nitrogens with zero attached hydrogens (tertiary/aromatic N) is 2. The molecule has 3 heteroatoms. The average Bonchev–Trinajstić information content (AvgIpc) is 2.72. The third-order valence-electron chi connectivity index (χ3n) is 2.82. The van der Waals surface area contributed by atoms with Gasteiger partial charge in [0.2, 0.25) is 0 Å². The van der Waals surface area contributed by atoms with E-state index in [2.05, 4.69) is 16.5 Å². The van der Waals surface area contributed by atoms with Gasteiger partial charge in [0.05, 0.1) is 24.3 Å². The van der Waals surface area contributed by atoms with Crippen LogP contribution in [0.4, 0.5) is 4.39 Å². The van der Waals surface area contributed by atoms with Crippen molar-refractivity contribution in [3.05, 3.63) is 42.1 Å². The van der Waals surface area contributed by atoms with Crippen molar-refractivity contribution in [1.82, 2.24) is 9.55 Å². The zero-order chi connectivity index (χ0) is 9.71. The first-order valence-electron chi connectivity index (χ1n) is 4.59. The molecule has 1 aromatic heterocycles. The molecule has 2 heterocycles. The van der Waals surface area contributed by atoms with Gasteiger partial charge in [-0.2, -0.15) is 0 Å². The normalized spacial score (nSPS) is 18.0. The summed E-state index contributed by atoms with van der Waals surface area (Å²) in [5.41, 5.74) is 3.21. The minimum absolute atomic E-state index is 0.172. The molecule has 0 saturated carbocycles. The molecule has 1 aliphatic rings. The maximum absolute atomic E-state index is 13.0. The molecule has 0 aliphatic carbocycles. The molecule has 14 heavy (non-hydrogen) atoms. The Bertz CT molecular complexity index is 502. The van der Waals surface area contributed by atoms with Crippen LogP contribution >= 0.6 is 0 Å². The van der Waals surface area contributed by atoms with Crippen LogP contribution in [0.2, 0.25) is 0 Å². The molecule has 1 aromatic carbocycles. The first kappa shape index (κ1) is 7.74. The van der Waals surface area contributed by atoms with Crippen molar-refractivity contribution < 1.29 is 4.39 Å². The molecule has 3 rings (SSSR count). The number of imidazole rings is 1. The second kappa shape index (κ2) is 2.44. The van der Waals surface area contributed by atoms with Gasteiger partial charge in [-0.05, 0) is 30.7 Å². The van der Waals surface area contributed by atoms with Crippen LogP contribution in [0.15, 0.2) is 30.7 Å². The van der Waals surface area contributed by atoms with Crippen LogP contribution < -0.4 is 0 Å². The SMILES string of the molecule is CC1c2cc(F)ccc2-c2cncn21. The van der Waals surface area contributed by atoms with E-state index >= 15 is 0 Å². The Hall–Kier alpha value is -1.64. The summed E-state index contributed by atoms with van der Waals surface area (Å²) in [6, 6.07) is 5.11. The lowest BCUT2D eigenvalue weighted by molar-refractivity contribution is 0.616. The number of hydrogen-bond donors (Lipinski definition) is 0. The van der Waals surface area contributed by atoms with Crippen LogP contribution in [0.3, 0.4) is 0 Å². The Morgan fingerprint density at radius 1 is 1.43 bits per heavy atom. The van der Waals surface area contributed by atoms with Gasteiger partial charge < -0.3 is 4.57 Å². The number of aromatic nitrogens is 2. The third kappa shape index (κ3) is 0.816. The van der Waals surface area contributed by atoms with Gasteiger partial charge in [-0.15, -0.1) is 0 Å². The molecule has 0 fully saturated rings. The van der Waals surface area contributed by atoms with Crippen molar-refractivity contribution >= 4 is 0 Å². The van der Waals surface area contributed by atoms with Crippen molar-refractivity contribution in [2.75, 3.05) is 0 Å². The third-order valence-corrected chi connectivity index (χ3v) is 2.82. The summed E-state index contributed by atoms with van der Waals surface area (Å²) in [7, 11) is 0. The maximum Gasteiger partial charge on any atom is 0.123 e. The zero-order valence-corrected chi connectivity index (χ0v) is 7.74. The van der Waals surface area contributed by atoms with Crippen LogP contribution in [-0.2, 0) is 0 Å². The molecule has 1 atom stereocenters. The fourth-order valence-electron chi connectivity index (χ4n) is 2.08. The van der Waals surface area contributed by atoms with Crippen molar-refractivity contribution in [2.24, 2.45) is 0 Å². The van der Waals surface area contributed by atoms with Crippen molar-refractivity contribution in [2.45, 2.75) is 13.0 Å². The number of benzene rings is 1. The minimum Gasteiger partial charge on any atom is -0.323 e. The Labute approximate surface area is 81.0 Å². The number of fused-ring (bicyclic) bond motifs is 3. The standard InChI is InChI=1S/C11H9FN2/c1-7-10-4-8(12)2-3-9(10)11-5-13-6-14(7)11/h2-7H,1H3. The second-order valence-electron chi connectivity index (χ2n) is 3.59. The smallest absolute Gasteiger partial charge is 0.123 e. The van der Waals surface area contributed by atoms with Gasteiger partial charge in [0.25, 0.3) is 0 Å². The highest BCUT2D eigenvalue weighted by Gasteiger charge is 2.24. The van der Waals surface area contributed by atoms with E-state index in [1.54, 1.807) is 12.4 Å². The quantitative estimate of drug-likeness (QED) is 0.621. The lowest BCUT2D eigenvalue weighted by Crippen LogP contribution is -1.98. The molecule has 0 radical (unpaired) electrons. The van der Waals surface area contributed by atoms with E-state index in [0.29, 0.717) is 0 Å². The molecule has 0 N–H and O–H groups in total. The first-order valence-corrected chi connectivity index (χ1v) is 4.59. The fourth-order valence-corrected chi connectivity index (χ4v) is 2.08. The lowest BCUT2D eigenvalue weighted by Gasteiger charge is -2.06. The van der Waals surface area contributed by atoms with Crippen molar-refractivity contribution in [1.29, 1.82) is 0 Å². The molecule has 0 saturated heterocycles. The monoisotopic (exact) mass is 188 g/mol. The van der Waals surface area contributed by atoms with Gasteiger partial charge in [0.15, 0.2) is 0 Å².